The molecular weight excluding hydrogens is 520 g/mol. The fraction of sp³-hybridized carbons (Fsp3) is 0.435. The van der Waals surface area contributed by atoms with Crippen molar-refractivity contribution >= 4 is 54.2 Å². The lowest BCUT2D eigenvalue weighted by molar-refractivity contribution is -0.110. The highest BCUT2D eigenvalue weighted by Gasteiger charge is 2.22. The van der Waals surface area contributed by atoms with Crippen LogP contribution in [0, 0.1) is 0 Å². The summed E-state index contributed by atoms with van der Waals surface area (Å²) in [4.78, 5) is 34.5. The van der Waals surface area contributed by atoms with Crippen molar-refractivity contribution in [3.63, 3.8) is 0 Å². The maximum Gasteiger partial charge on any atom is 0.280 e. The molecule has 3 heterocycles. The first-order chi connectivity index (χ1) is 17.8. The van der Waals surface area contributed by atoms with Gasteiger partial charge < -0.3 is 19.2 Å². The Kier molecular flexibility index (Phi) is 8.63. The molecule has 2 aromatic heterocycles. The van der Waals surface area contributed by atoms with Gasteiger partial charge in [-0.1, -0.05) is 28.6 Å². The van der Waals surface area contributed by atoms with Gasteiger partial charge in [0.2, 0.25) is 0 Å². The van der Waals surface area contributed by atoms with E-state index in [1.165, 1.54) is 42.7 Å². The summed E-state index contributed by atoms with van der Waals surface area (Å²) in [5.41, 5.74) is 0.774. The molecule has 1 atom stereocenters. The summed E-state index contributed by atoms with van der Waals surface area (Å²) in [6.45, 7) is 1.28. The first-order valence-electron chi connectivity index (χ1n) is 11.5. The fourth-order valence-electron chi connectivity index (χ4n) is 3.42. The Labute approximate surface area is 218 Å². The molecule has 1 fully saturated rings. The highest BCUT2D eigenvalue weighted by molar-refractivity contribution is 7.91. The number of ether oxygens (including phenoxy) is 2. The fourth-order valence-corrected chi connectivity index (χ4v) is 5.49. The van der Waals surface area contributed by atoms with Crippen molar-refractivity contribution in [3.05, 3.63) is 36.0 Å². The quantitative estimate of drug-likeness (QED) is 0.215. The molecule has 0 saturated carbocycles. The van der Waals surface area contributed by atoms with Gasteiger partial charge >= 0.3 is 0 Å². The predicted molar refractivity (Wildman–Crippen MR) is 140 cm³/mol. The van der Waals surface area contributed by atoms with Crippen LogP contribution < -0.4 is 10.2 Å². The number of thiazole rings is 1. The number of hydrogen-bond acceptors (Lipinski definition) is 12. The van der Waals surface area contributed by atoms with Crippen molar-refractivity contribution in [1.82, 2.24) is 15.0 Å². The molecule has 37 heavy (non-hydrogen) atoms. The zero-order valence-corrected chi connectivity index (χ0v) is 22.3. The van der Waals surface area contributed by atoms with E-state index in [9.17, 15) is 13.2 Å². The van der Waals surface area contributed by atoms with E-state index in [1.807, 2.05) is 19.0 Å². The van der Waals surface area contributed by atoms with Crippen LogP contribution in [-0.4, -0.2) is 87.9 Å². The van der Waals surface area contributed by atoms with Crippen molar-refractivity contribution in [2.45, 2.75) is 23.8 Å². The molecular formula is C23H28N6O6S2. The number of benzene rings is 1. The third-order valence-electron chi connectivity index (χ3n) is 5.43. The Morgan fingerprint density at radius 2 is 2.05 bits per heavy atom. The van der Waals surface area contributed by atoms with Crippen molar-refractivity contribution in [2.75, 3.05) is 57.0 Å². The lowest BCUT2D eigenvalue weighted by Crippen LogP contribution is -2.25. The van der Waals surface area contributed by atoms with Gasteiger partial charge in [0.05, 0.1) is 30.1 Å². The number of nitrogens with one attached hydrogen (secondary N) is 1. The number of anilines is 2. The van der Waals surface area contributed by atoms with Gasteiger partial charge in [-0.15, -0.1) is 0 Å². The van der Waals surface area contributed by atoms with Crippen LogP contribution in [0.4, 0.5) is 10.9 Å². The van der Waals surface area contributed by atoms with Crippen LogP contribution in [0.1, 0.15) is 18.4 Å². The minimum Gasteiger partial charge on any atom is -0.389 e. The zero-order valence-electron chi connectivity index (χ0n) is 20.7. The number of amides is 1. The molecule has 14 heteroatoms. The summed E-state index contributed by atoms with van der Waals surface area (Å²) in [7, 11) is 1.75. The molecule has 3 aromatic rings. The summed E-state index contributed by atoms with van der Waals surface area (Å²) in [5.74, 6) is 0.0592. The molecule has 1 aliphatic heterocycles. The molecule has 0 spiro atoms. The van der Waals surface area contributed by atoms with E-state index in [2.05, 4.69) is 25.4 Å². The van der Waals surface area contributed by atoms with Gasteiger partial charge in [-0.3, -0.25) is 10.1 Å². The Morgan fingerprint density at radius 1 is 1.27 bits per heavy atom. The molecule has 1 N–H and O–H groups in total. The summed E-state index contributed by atoms with van der Waals surface area (Å²) in [6.07, 6.45) is 2.36. The Hall–Kier alpha value is -3.20. The first kappa shape index (κ1) is 26.9. The molecule has 1 saturated heterocycles. The normalized spacial score (nSPS) is 16.2. The summed E-state index contributed by atoms with van der Waals surface area (Å²) >= 11 is 1.18. The monoisotopic (exact) mass is 548 g/mol. The minimum atomic E-state index is -3.49. The molecule has 198 valence electrons. The average molecular weight is 549 g/mol. The van der Waals surface area contributed by atoms with Gasteiger partial charge in [-0.05, 0) is 18.6 Å². The Balaban J connectivity index is 1.57. The second-order valence-electron chi connectivity index (χ2n) is 8.45. The second kappa shape index (κ2) is 11.9. The summed E-state index contributed by atoms with van der Waals surface area (Å²) in [5, 5.41) is 7.14. The number of nitrogens with zero attached hydrogens (tertiary/aromatic N) is 5. The van der Waals surface area contributed by atoms with Gasteiger partial charge in [-0.2, -0.15) is 4.98 Å². The van der Waals surface area contributed by atoms with Crippen molar-refractivity contribution in [1.29, 1.82) is 0 Å². The summed E-state index contributed by atoms with van der Waals surface area (Å²) in [6, 6.07) is 5.96. The minimum absolute atomic E-state index is 0.0237. The predicted octanol–water partition coefficient (Wildman–Crippen LogP) is 2.11. The molecule has 0 radical (unpaired) electrons. The van der Waals surface area contributed by atoms with Crippen LogP contribution in [0.5, 0.6) is 0 Å². The van der Waals surface area contributed by atoms with Gasteiger partial charge in [0.1, 0.15) is 5.82 Å². The van der Waals surface area contributed by atoms with Crippen LogP contribution in [-0.2, 0) is 28.9 Å². The number of oxime groups is 1. The van der Waals surface area contributed by atoms with Gasteiger partial charge in [-0.25, -0.2) is 18.4 Å². The van der Waals surface area contributed by atoms with E-state index < -0.39 is 15.7 Å². The van der Waals surface area contributed by atoms with Crippen LogP contribution in [0.25, 0.3) is 10.5 Å². The van der Waals surface area contributed by atoms with Gasteiger partial charge in [0.25, 0.3) is 5.91 Å². The average Bonchev–Trinajstić information content (AvgIpc) is 3.53. The van der Waals surface area contributed by atoms with Crippen LogP contribution >= 0.6 is 11.3 Å². The third-order valence-corrected chi connectivity index (χ3v) is 8.10. The largest absolute Gasteiger partial charge is 0.389 e. The molecule has 1 aromatic carbocycles. The van der Waals surface area contributed by atoms with E-state index in [0.29, 0.717) is 59.7 Å². The lowest BCUT2D eigenvalue weighted by Gasteiger charge is -2.10. The Bertz CT molecular complexity index is 1370. The van der Waals surface area contributed by atoms with E-state index in [0.717, 1.165) is 0 Å². The number of carbonyl (C=O) groups excluding carboxylic acids is 1. The van der Waals surface area contributed by atoms with Gasteiger partial charge in [0.15, 0.2) is 37.3 Å². The van der Waals surface area contributed by atoms with Crippen molar-refractivity contribution in [2.24, 2.45) is 5.16 Å². The number of rotatable bonds is 11. The van der Waals surface area contributed by atoms with E-state index in [4.69, 9.17) is 14.3 Å². The number of sulfone groups is 1. The van der Waals surface area contributed by atoms with Crippen LogP contribution in [0.2, 0.25) is 0 Å². The zero-order chi connectivity index (χ0) is 26.4. The maximum atomic E-state index is 13.3. The van der Waals surface area contributed by atoms with Crippen molar-refractivity contribution < 1.29 is 27.5 Å². The van der Waals surface area contributed by atoms with Gasteiger partial charge in [0, 0.05) is 39.8 Å². The number of fused-ring (bicyclic) bond motifs is 1. The number of carbonyl (C=O) groups is 1. The molecule has 0 aliphatic carbocycles. The highest BCUT2D eigenvalue weighted by Crippen LogP contribution is 2.25. The highest BCUT2D eigenvalue weighted by atomic mass is 32.2. The van der Waals surface area contributed by atoms with E-state index in [1.54, 1.807) is 6.20 Å². The number of aromatic nitrogens is 3. The maximum absolute atomic E-state index is 13.3. The third kappa shape index (κ3) is 6.77. The lowest BCUT2D eigenvalue weighted by atomic mass is 10.1. The second-order valence-corrected chi connectivity index (χ2v) is 11.5. The van der Waals surface area contributed by atoms with E-state index in [-0.39, 0.29) is 22.5 Å². The smallest absolute Gasteiger partial charge is 0.280 e. The molecule has 0 bridgehead atoms. The number of methoxy groups -OCH3 is 1. The molecule has 12 nitrogen and oxygen atoms in total. The molecule has 1 aliphatic rings. The Morgan fingerprint density at radius 3 is 2.73 bits per heavy atom. The van der Waals surface area contributed by atoms with Crippen LogP contribution in [0.15, 0.2) is 40.5 Å². The molecule has 4 rings (SSSR count). The van der Waals surface area contributed by atoms with Crippen LogP contribution in [0.3, 0.4) is 0 Å². The van der Waals surface area contributed by atoms with Crippen molar-refractivity contribution in [3.8, 4) is 0 Å². The topological polar surface area (TPSA) is 145 Å². The van der Waals surface area contributed by atoms with E-state index >= 15 is 0 Å². The standard InChI is InChI=1S/C23H28N6O6S2/c1-29(2)18-13-24-20-22(25-18)36-23(26-20)27-21(30)19(28-35-16-9-11-34-14-16)15-5-7-17(8-6-15)37(31,32)12-4-10-33-3/h5-8,13,16H,4,9-12,14H2,1-3H3,(H,24,26,27,30)/t16-/m1/s1. The molecule has 0 unspecified atom stereocenters. The summed E-state index contributed by atoms with van der Waals surface area (Å²) < 4.78 is 35.4. The SMILES string of the molecule is COCCCS(=O)(=O)c1ccc(C(=NO[C@@H]2CCOC2)C(=O)Nc2nc3ncc(N(C)C)nc3s2)cc1. The molecule has 1 amide bonds. The first-order valence-corrected chi connectivity index (χ1v) is 14.0. The number of hydrogen-bond donors (Lipinski definition) is 1.